The Morgan fingerprint density at radius 3 is 2.38 bits per heavy atom. The molecule has 21 heavy (non-hydrogen) atoms. The van der Waals surface area contributed by atoms with E-state index in [-0.39, 0.29) is 5.56 Å². The van der Waals surface area contributed by atoms with Crippen molar-refractivity contribution >= 4 is 11.6 Å². The summed E-state index contributed by atoms with van der Waals surface area (Å²) in [5, 5.41) is 3.89. The second-order valence-electron chi connectivity index (χ2n) is 5.00. The molecule has 0 bridgehead atoms. The summed E-state index contributed by atoms with van der Waals surface area (Å²) in [6.45, 7) is 2.35. The summed E-state index contributed by atoms with van der Waals surface area (Å²) in [6.07, 6.45) is 0. The van der Waals surface area contributed by atoms with E-state index in [1.165, 1.54) is 0 Å². The van der Waals surface area contributed by atoms with Crippen LogP contribution in [0.2, 0.25) is 5.02 Å². The third kappa shape index (κ3) is 2.78. The minimum Gasteiger partial charge on any atom is -0.294 e. The number of halogens is 1. The first-order valence-corrected chi connectivity index (χ1v) is 7.12. The van der Waals surface area contributed by atoms with Gasteiger partial charge in [0, 0.05) is 10.6 Å². The van der Waals surface area contributed by atoms with E-state index in [0.717, 1.165) is 22.4 Å². The average molecular weight is 299 g/mol. The van der Waals surface area contributed by atoms with Crippen molar-refractivity contribution in [3.63, 3.8) is 0 Å². The number of nitrogens with zero attached hydrogens (tertiary/aromatic N) is 1. The molecule has 1 heterocycles. The molecule has 0 atom stereocenters. The van der Waals surface area contributed by atoms with E-state index >= 15 is 0 Å². The molecule has 3 aromatic rings. The lowest BCUT2D eigenvalue weighted by Gasteiger charge is -2.03. The van der Waals surface area contributed by atoms with Gasteiger partial charge in [0.25, 0.3) is 5.56 Å². The molecular weight excluding hydrogens is 284 g/mol. The summed E-state index contributed by atoms with van der Waals surface area (Å²) in [6, 6.07) is 17.4. The largest absolute Gasteiger partial charge is 0.294 e. The average Bonchev–Trinajstić information content (AvgIpc) is 2.79. The van der Waals surface area contributed by atoms with Crippen LogP contribution in [0, 0.1) is 6.92 Å². The van der Waals surface area contributed by atoms with Crippen LogP contribution in [0.15, 0.2) is 59.4 Å². The predicted molar refractivity (Wildman–Crippen MR) is 85.8 cm³/mol. The highest BCUT2D eigenvalue weighted by atomic mass is 35.5. The van der Waals surface area contributed by atoms with E-state index in [4.69, 9.17) is 11.6 Å². The number of hydrogen-bond donors (Lipinski definition) is 1. The van der Waals surface area contributed by atoms with Crippen molar-refractivity contribution in [2.45, 2.75) is 13.5 Å². The molecule has 1 N–H and O–H groups in total. The van der Waals surface area contributed by atoms with Gasteiger partial charge in [0.15, 0.2) is 0 Å². The van der Waals surface area contributed by atoms with Gasteiger partial charge in [-0.15, -0.1) is 0 Å². The summed E-state index contributed by atoms with van der Waals surface area (Å²) in [5.41, 5.74) is 3.65. The number of hydrogen-bond acceptors (Lipinski definition) is 1. The summed E-state index contributed by atoms with van der Waals surface area (Å²) in [5.74, 6) is 0. The Morgan fingerprint density at radius 2 is 1.71 bits per heavy atom. The number of rotatable bonds is 3. The lowest BCUT2D eigenvalue weighted by atomic mass is 10.1. The lowest BCUT2D eigenvalue weighted by Crippen LogP contribution is -2.18. The van der Waals surface area contributed by atoms with Gasteiger partial charge in [-0.2, -0.15) is 0 Å². The van der Waals surface area contributed by atoms with Crippen LogP contribution in [-0.4, -0.2) is 9.78 Å². The second kappa shape index (κ2) is 5.62. The molecule has 0 radical (unpaired) electrons. The minimum atomic E-state index is 0.00352. The molecule has 0 aliphatic heterocycles. The topological polar surface area (TPSA) is 37.8 Å². The zero-order chi connectivity index (χ0) is 14.8. The van der Waals surface area contributed by atoms with E-state index in [1.807, 2.05) is 61.5 Å². The quantitative estimate of drug-likeness (QED) is 0.783. The van der Waals surface area contributed by atoms with Gasteiger partial charge in [0.2, 0.25) is 0 Å². The van der Waals surface area contributed by atoms with Gasteiger partial charge in [0.1, 0.15) is 0 Å². The molecule has 0 aliphatic carbocycles. The van der Waals surface area contributed by atoms with E-state index < -0.39 is 0 Å². The van der Waals surface area contributed by atoms with Crippen molar-refractivity contribution < 1.29 is 0 Å². The SMILES string of the molecule is Cc1c(-c2ccccc2)[nH]n(Cc2ccc(Cl)cc2)c1=O. The van der Waals surface area contributed by atoms with Crippen molar-refractivity contribution in [2.75, 3.05) is 0 Å². The molecule has 106 valence electrons. The fourth-order valence-corrected chi connectivity index (χ4v) is 2.47. The molecule has 0 saturated carbocycles. The lowest BCUT2D eigenvalue weighted by molar-refractivity contribution is 0.665. The maximum atomic E-state index is 12.3. The second-order valence-corrected chi connectivity index (χ2v) is 5.43. The molecule has 2 aromatic carbocycles. The Morgan fingerprint density at radius 1 is 1.05 bits per heavy atom. The van der Waals surface area contributed by atoms with Gasteiger partial charge >= 0.3 is 0 Å². The maximum absolute atomic E-state index is 12.3. The van der Waals surface area contributed by atoms with Crippen LogP contribution in [-0.2, 0) is 6.54 Å². The minimum absolute atomic E-state index is 0.00352. The third-order valence-corrected chi connectivity index (χ3v) is 3.76. The Labute approximate surface area is 127 Å². The van der Waals surface area contributed by atoms with Crippen molar-refractivity contribution in [3.8, 4) is 11.3 Å². The zero-order valence-corrected chi connectivity index (χ0v) is 12.4. The molecule has 0 amide bonds. The summed E-state index contributed by atoms with van der Waals surface area (Å²) in [7, 11) is 0. The van der Waals surface area contributed by atoms with Crippen molar-refractivity contribution in [1.82, 2.24) is 9.78 Å². The smallest absolute Gasteiger partial charge is 0.270 e. The van der Waals surface area contributed by atoms with Crippen LogP contribution in [0.5, 0.6) is 0 Å². The molecule has 0 unspecified atom stereocenters. The first kappa shape index (κ1) is 13.7. The van der Waals surface area contributed by atoms with Crippen LogP contribution in [0.3, 0.4) is 0 Å². The van der Waals surface area contributed by atoms with Gasteiger partial charge < -0.3 is 0 Å². The van der Waals surface area contributed by atoms with Crippen LogP contribution in [0.25, 0.3) is 11.3 Å². The number of aromatic nitrogens is 2. The molecule has 4 heteroatoms. The molecule has 1 aromatic heterocycles. The molecule has 0 aliphatic rings. The van der Waals surface area contributed by atoms with Gasteiger partial charge in [-0.25, -0.2) is 4.68 Å². The fraction of sp³-hybridized carbons (Fsp3) is 0.118. The van der Waals surface area contributed by atoms with Gasteiger partial charge in [-0.05, 0) is 30.2 Å². The predicted octanol–water partition coefficient (Wildman–Crippen LogP) is 3.85. The number of benzene rings is 2. The highest BCUT2D eigenvalue weighted by Crippen LogP contribution is 2.18. The van der Waals surface area contributed by atoms with Crippen LogP contribution in [0.4, 0.5) is 0 Å². The molecule has 0 fully saturated rings. The van der Waals surface area contributed by atoms with Gasteiger partial charge in [0.05, 0.1) is 12.2 Å². The molecule has 0 saturated heterocycles. The third-order valence-electron chi connectivity index (χ3n) is 3.50. The van der Waals surface area contributed by atoms with E-state index in [0.29, 0.717) is 11.6 Å². The van der Waals surface area contributed by atoms with Gasteiger partial charge in [-0.3, -0.25) is 9.89 Å². The first-order valence-electron chi connectivity index (χ1n) is 6.74. The van der Waals surface area contributed by atoms with E-state index in [9.17, 15) is 4.79 Å². The van der Waals surface area contributed by atoms with Crippen LogP contribution >= 0.6 is 11.6 Å². The highest BCUT2D eigenvalue weighted by molar-refractivity contribution is 6.30. The Kier molecular flexibility index (Phi) is 3.67. The maximum Gasteiger partial charge on any atom is 0.270 e. The summed E-state index contributed by atoms with van der Waals surface area (Å²) >= 11 is 5.88. The van der Waals surface area contributed by atoms with Crippen LogP contribution < -0.4 is 5.56 Å². The Balaban J connectivity index is 1.98. The molecule has 3 nitrogen and oxygen atoms in total. The van der Waals surface area contributed by atoms with E-state index in [1.54, 1.807) is 4.68 Å². The highest BCUT2D eigenvalue weighted by Gasteiger charge is 2.11. The molecular formula is C17H15ClN2O. The first-order chi connectivity index (χ1) is 10.1. The molecule has 3 rings (SSSR count). The van der Waals surface area contributed by atoms with Crippen LogP contribution in [0.1, 0.15) is 11.1 Å². The van der Waals surface area contributed by atoms with E-state index in [2.05, 4.69) is 5.10 Å². The van der Waals surface area contributed by atoms with Crippen molar-refractivity contribution in [2.24, 2.45) is 0 Å². The number of aromatic amines is 1. The Bertz CT molecular complexity index is 801. The summed E-state index contributed by atoms with van der Waals surface area (Å²) < 4.78 is 1.63. The fourth-order valence-electron chi connectivity index (χ4n) is 2.35. The summed E-state index contributed by atoms with van der Waals surface area (Å²) in [4.78, 5) is 12.3. The standard InChI is InChI=1S/C17H15ClN2O/c1-12-16(14-5-3-2-4-6-14)19-20(17(12)21)11-13-7-9-15(18)10-8-13/h2-10,19H,11H2,1H3. The number of H-pyrrole nitrogens is 1. The van der Waals surface area contributed by atoms with Crippen molar-refractivity contribution in [1.29, 1.82) is 0 Å². The zero-order valence-electron chi connectivity index (χ0n) is 11.6. The number of nitrogens with one attached hydrogen (secondary N) is 1. The van der Waals surface area contributed by atoms with Gasteiger partial charge in [-0.1, -0.05) is 54.1 Å². The monoisotopic (exact) mass is 298 g/mol. The van der Waals surface area contributed by atoms with Crippen molar-refractivity contribution in [3.05, 3.63) is 81.1 Å². The normalized spacial score (nSPS) is 10.8. The Hall–Kier alpha value is -2.26. The molecule has 0 spiro atoms.